The quantitative estimate of drug-likeness (QED) is 0.475. The minimum Gasteiger partial charge on any atom is -0.370 e. The third kappa shape index (κ3) is 4.84. The number of nitrogens with zero attached hydrogens (tertiary/aromatic N) is 4. The Morgan fingerprint density at radius 2 is 1.63 bits per heavy atom. The fraction of sp³-hybridized carbons (Fsp3) is 0.263. The van der Waals surface area contributed by atoms with Crippen molar-refractivity contribution < 1.29 is 8.42 Å². The first kappa shape index (κ1) is 21.9. The van der Waals surface area contributed by atoms with E-state index in [0.717, 1.165) is 5.56 Å². The summed E-state index contributed by atoms with van der Waals surface area (Å²) in [6, 6.07) is 12.1. The highest BCUT2D eigenvalue weighted by Gasteiger charge is 2.29. The van der Waals surface area contributed by atoms with Gasteiger partial charge in [-0.05, 0) is 31.2 Å². The lowest BCUT2D eigenvalue weighted by atomic mass is 10.2. The monoisotopic (exact) mass is 449 g/mol. The molecule has 160 valence electrons. The molecule has 1 aliphatic heterocycles. The Kier molecular flexibility index (Phi) is 6.49. The zero-order valence-corrected chi connectivity index (χ0v) is 18.1. The van der Waals surface area contributed by atoms with Gasteiger partial charge in [0.1, 0.15) is 0 Å². The average molecular weight is 450 g/mol. The first-order chi connectivity index (χ1) is 14.2. The second-order valence-corrected chi connectivity index (χ2v) is 9.16. The molecule has 0 saturated carbocycles. The van der Waals surface area contributed by atoms with Gasteiger partial charge in [-0.25, -0.2) is 13.4 Å². The lowest BCUT2D eigenvalue weighted by molar-refractivity contribution is 0.385. The third-order valence-electron chi connectivity index (χ3n) is 4.66. The van der Waals surface area contributed by atoms with Crippen LogP contribution in [0.3, 0.4) is 0 Å². The van der Waals surface area contributed by atoms with Crippen molar-refractivity contribution in [3.05, 3.63) is 53.1 Å². The number of halogens is 1. The molecule has 0 radical (unpaired) electrons. The molecule has 1 heterocycles. The Balaban J connectivity index is 1.82. The Bertz CT molecular complexity index is 1070. The highest BCUT2D eigenvalue weighted by Crippen LogP contribution is 2.37. The van der Waals surface area contributed by atoms with E-state index in [1.807, 2.05) is 11.8 Å². The molecule has 6 N–H and O–H groups in total. The second kappa shape index (κ2) is 8.90. The predicted octanol–water partition coefficient (Wildman–Crippen LogP) is 1.38. The van der Waals surface area contributed by atoms with Crippen LogP contribution in [-0.4, -0.2) is 50.8 Å². The molecule has 0 atom stereocenters. The summed E-state index contributed by atoms with van der Waals surface area (Å²) in [7, 11) is -3.56. The molecular formula is C19H24ClN7O2S. The number of rotatable bonds is 4. The topological polar surface area (TPSA) is 143 Å². The SMILES string of the molecule is Cc1ccc(S(=O)(=O)N2CCN(c3c(Cl)cccc3N=C(N)N=C(N)N)CC2)cc1. The summed E-state index contributed by atoms with van der Waals surface area (Å²) in [6.07, 6.45) is 0. The van der Waals surface area contributed by atoms with Gasteiger partial charge in [-0.2, -0.15) is 9.30 Å². The minimum absolute atomic E-state index is 0.0981. The van der Waals surface area contributed by atoms with Gasteiger partial charge in [0.05, 0.1) is 21.3 Å². The number of aliphatic imine (C=N–C) groups is 2. The number of guanidine groups is 2. The van der Waals surface area contributed by atoms with Gasteiger partial charge in [0.25, 0.3) is 0 Å². The molecule has 0 aliphatic carbocycles. The molecule has 0 unspecified atom stereocenters. The summed E-state index contributed by atoms with van der Waals surface area (Å²) in [5, 5.41) is 0.476. The van der Waals surface area contributed by atoms with Crippen LogP contribution in [0.1, 0.15) is 5.56 Å². The molecule has 11 heteroatoms. The highest BCUT2D eigenvalue weighted by molar-refractivity contribution is 7.89. The van der Waals surface area contributed by atoms with Crippen LogP contribution in [0.25, 0.3) is 0 Å². The molecule has 3 rings (SSSR count). The predicted molar refractivity (Wildman–Crippen MR) is 121 cm³/mol. The van der Waals surface area contributed by atoms with E-state index in [2.05, 4.69) is 9.98 Å². The fourth-order valence-corrected chi connectivity index (χ4v) is 4.91. The van der Waals surface area contributed by atoms with E-state index >= 15 is 0 Å². The van der Waals surface area contributed by atoms with Gasteiger partial charge in [-0.15, -0.1) is 0 Å². The maximum absolute atomic E-state index is 12.9. The lowest BCUT2D eigenvalue weighted by Crippen LogP contribution is -2.48. The minimum atomic E-state index is -3.56. The summed E-state index contributed by atoms with van der Waals surface area (Å²) in [6.45, 7) is 3.43. The van der Waals surface area contributed by atoms with E-state index in [-0.39, 0.29) is 16.8 Å². The van der Waals surface area contributed by atoms with Crippen LogP contribution in [0, 0.1) is 6.92 Å². The van der Waals surface area contributed by atoms with Crippen molar-refractivity contribution in [2.45, 2.75) is 11.8 Å². The van der Waals surface area contributed by atoms with Crippen molar-refractivity contribution >= 4 is 44.9 Å². The number of sulfonamides is 1. The number of nitrogens with two attached hydrogens (primary N) is 3. The van der Waals surface area contributed by atoms with Crippen LogP contribution in [0.4, 0.5) is 11.4 Å². The molecule has 0 aromatic heterocycles. The fourth-order valence-electron chi connectivity index (χ4n) is 3.20. The van der Waals surface area contributed by atoms with Gasteiger partial charge >= 0.3 is 0 Å². The van der Waals surface area contributed by atoms with Crippen LogP contribution < -0.4 is 22.1 Å². The normalized spacial score (nSPS) is 15.8. The summed E-state index contributed by atoms with van der Waals surface area (Å²) < 4.78 is 27.3. The second-order valence-electron chi connectivity index (χ2n) is 6.82. The molecule has 1 saturated heterocycles. The van der Waals surface area contributed by atoms with Crippen molar-refractivity contribution in [2.24, 2.45) is 27.2 Å². The number of piperazine rings is 1. The van der Waals surface area contributed by atoms with Gasteiger partial charge in [0.2, 0.25) is 16.0 Å². The number of para-hydroxylation sites is 1. The zero-order valence-electron chi connectivity index (χ0n) is 16.5. The molecule has 2 aromatic carbocycles. The molecule has 0 amide bonds. The van der Waals surface area contributed by atoms with Crippen LogP contribution in [0.15, 0.2) is 57.3 Å². The van der Waals surface area contributed by atoms with Crippen molar-refractivity contribution in [1.82, 2.24) is 4.31 Å². The smallest absolute Gasteiger partial charge is 0.243 e. The van der Waals surface area contributed by atoms with Gasteiger partial charge in [0.15, 0.2) is 5.96 Å². The highest BCUT2D eigenvalue weighted by atomic mass is 35.5. The maximum Gasteiger partial charge on any atom is 0.243 e. The first-order valence-electron chi connectivity index (χ1n) is 9.22. The zero-order chi connectivity index (χ0) is 21.9. The Labute approximate surface area is 180 Å². The van der Waals surface area contributed by atoms with Crippen molar-refractivity contribution in [1.29, 1.82) is 0 Å². The maximum atomic E-state index is 12.9. The van der Waals surface area contributed by atoms with Crippen LogP contribution in [-0.2, 0) is 10.0 Å². The summed E-state index contributed by atoms with van der Waals surface area (Å²) >= 11 is 6.42. The van der Waals surface area contributed by atoms with Crippen LogP contribution in [0.5, 0.6) is 0 Å². The van der Waals surface area contributed by atoms with E-state index in [1.54, 1.807) is 42.5 Å². The molecule has 30 heavy (non-hydrogen) atoms. The van der Waals surface area contributed by atoms with Gasteiger partial charge in [0, 0.05) is 26.2 Å². The Morgan fingerprint density at radius 1 is 1.00 bits per heavy atom. The van der Waals surface area contributed by atoms with Crippen LogP contribution in [0.2, 0.25) is 5.02 Å². The first-order valence-corrected chi connectivity index (χ1v) is 11.0. The molecule has 0 spiro atoms. The lowest BCUT2D eigenvalue weighted by Gasteiger charge is -2.36. The summed E-state index contributed by atoms with van der Waals surface area (Å²) in [5.41, 5.74) is 18.6. The summed E-state index contributed by atoms with van der Waals surface area (Å²) in [5.74, 6) is -0.297. The average Bonchev–Trinajstić information content (AvgIpc) is 2.68. The number of aryl methyl sites for hydroxylation is 1. The van der Waals surface area contributed by atoms with Crippen LogP contribution >= 0.6 is 11.6 Å². The number of hydrogen-bond donors (Lipinski definition) is 3. The third-order valence-corrected chi connectivity index (χ3v) is 6.88. The number of anilines is 1. The Hall–Kier alpha value is -2.82. The molecule has 9 nitrogen and oxygen atoms in total. The van der Waals surface area contributed by atoms with Crippen molar-refractivity contribution in [3.8, 4) is 0 Å². The number of hydrogen-bond acceptors (Lipinski definition) is 4. The van der Waals surface area contributed by atoms with E-state index < -0.39 is 10.0 Å². The Morgan fingerprint density at radius 3 is 2.23 bits per heavy atom. The molecular weight excluding hydrogens is 426 g/mol. The van der Waals surface area contributed by atoms with Gasteiger partial charge in [-0.1, -0.05) is 35.4 Å². The van der Waals surface area contributed by atoms with Crippen molar-refractivity contribution in [2.75, 3.05) is 31.1 Å². The summed E-state index contributed by atoms with van der Waals surface area (Å²) in [4.78, 5) is 10.2. The van der Waals surface area contributed by atoms with Gasteiger partial charge < -0.3 is 22.1 Å². The van der Waals surface area contributed by atoms with E-state index in [9.17, 15) is 8.42 Å². The molecule has 1 aliphatic rings. The van der Waals surface area contributed by atoms with E-state index in [4.69, 9.17) is 28.8 Å². The van der Waals surface area contributed by atoms with Crippen molar-refractivity contribution in [3.63, 3.8) is 0 Å². The van der Waals surface area contributed by atoms with E-state index in [0.29, 0.717) is 42.6 Å². The largest absolute Gasteiger partial charge is 0.370 e. The number of benzene rings is 2. The molecule has 1 fully saturated rings. The molecule has 0 bridgehead atoms. The van der Waals surface area contributed by atoms with Gasteiger partial charge in [-0.3, -0.25) is 0 Å². The standard InChI is InChI=1S/C19H24ClN7O2S/c1-13-5-7-14(8-6-13)30(28,29)27-11-9-26(10-12-27)17-15(20)3-2-4-16(17)24-19(23)25-18(21)22/h2-8H,9-12H2,1H3,(H6,21,22,23,24,25). The van der Waals surface area contributed by atoms with E-state index in [1.165, 1.54) is 4.31 Å². The molecule has 2 aromatic rings.